The van der Waals surface area contributed by atoms with Gasteiger partial charge in [0.1, 0.15) is 0 Å². The van der Waals surface area contributed by atoms with Crippen LogP contribution in [0, 0.1) is 0 Å². The summed E-state index contributed by atoms with van der Waals surface area (Å²) in [4.78, 5) is 5.71. The summed E-state index contributed by atoms with van der Waals surface area (Å²) in [6.07, 6.45) is 3.29. The highest BCUT2D eigenvalue weighted by molar-refractivity contribution is 9.10. The fourth-order valence-electron chi connectivity index (χ4n) is 2.52. The molecule has 2 aromatic rings. The van der Waals surface area contributed by atoms with Crippen LogP contribution in [0.4, 0.5) is 5.13 Å². The predicted octanol–water partition coefficient (Wildman–Crippen LogP) is 4.61. The van der Waals surface area contributed by atoms with E-state index in [-0.39, 0.29) is 0 Å². The minimum atomic E-state index is 0.341. The number of hydrogen-bond acceptors (Lipinski definition) is 3. The maximum Gasteiger partial charge on any atom is 0.180 e. The van der Waals surface area contributed by atoms with E-state index in [2.05, 4.69) is 27.0 Å². The summed E-state index contributed by atoms with van der Waals surface area (Å²) < 4.78 is 1.06. The molecule has 1 heterocycles. The lowest BCUT2D eigenvalue weighted by atomic mass is 9.86. The first kappa shape index (κ1) is 12.5. The van der Waals surface area contributed by atoms with Crippen LogP contribution in [0.2, 0.25) is 5.02 Å². The normalized spacial score (nSPS) is 18.7. The van der Waals surface area contributed by atoms with Gasteiger partial charge in [-0.1, -0.05) is 27.5 Å². The van der Waals surface area contributed by atoms with Crippen molar-refractivity contribution >= 4 is 44.0 Å². The third kappa shape index (κ3) is 2.17. The largest absolute Gasteiger partial charge is 0.375 e. The molecule has 0 amide bonds. The van der Waals surface area contributed by atoms with Gasteiger partial charge in [-0.05, 0) is 43.0 Å². The zero-order valence-corrected chi connectivity index (χ0v) is 12.8. The summed E-state index contributed by atoms with van der Waals surface area (Å²) in [7, 11) is 0. The molecule has 18 heavy (non-hydrogen) atoms. The minimum Gasteiger partial charge on any atom is -0.375 e. The van der Waals surface area contributed by atoms with Crippen molar-refractivity contribution in [3.8, 4) is 0 Å². The number of nitrogen functional groups attached to an aromatic ring is 1. The topological polar surface area (TPSA) is 38.9 Å². The summed E-state index contributed by atoms with van der Waals surface area (Å²) in [5.74, 6) is 0.341. The van der Waals surface area contributed by atoms with Crippen molar-refractivity contribution in [3.05, 3.63) is 43.8 Å². The SMILES string of the molecule is Nc1nc2c(s1)C(c1cc(Br)ccc1Cl)CCC2. The lowest BCUT2D eigenvalue weighted by Crippen LogP contribution is -2.09. The third-order valence-electron chi connectivity index (χ3n) is 3.30. The Morgan fingerprint density at radius 1 is 1.44 bits per heavy atom. The van der Waals surface area contributed by atoms with Crippen molar-refractivity contribution in [1.29, 1.82) is 0 Å². The number of aromatic nitrogens is 1. The molecule has 1 atom stereocenters. The Hall–Kier alpha value is -0.580. The van der Waals surface area contributed by atoms with Gasteiger partial charge < -0.3 is 5.73 Å². The predicted molar refractivity (Wildman–Crippen MR) is 80.5 cm³/mol. The second-order valence-corrected chi connectivity index (χ2v) is 6.86. The highest BCUT2D eigenvalue weighted by atomic mass is 79.9. The molecule has 0 fully saturated rings. The number of fused-ring (bicyclic) bond motifs is 1. The second-order valence-electron chi connectivity index (χ2n) is 4.47. The zero-order valence-electron chi connectivity index (χ0n) is 9.62. The molecule has 2 nitrogen and oxygen atoms in total. The summed E-state index contributed by atoms with van der Waals surface area (Å²) in [6.45, 7) is 0. The van der Waals surface area contributed by atoms with Crippen LogP contribution >= 0.6 is 38.9 Å². The average Bonchev–Trinajstić information content (AvgIpc) is 2.72. The van der Waals surface area contributed by atoms with Crippen molar-refractivity contribution in [2.45, 2.75) is 25.2 Å². The maximum atomic E-state index is 6.33. The number of aryl methyl sites for hydroxylation is 1. The van der Waals surface area contributed by atoms with E-state index in [9.17, 15) is 0 Å². The Morgan fingerprint density at radius 3 is 3.11 bits per heavy atom. The molecule has 1 aromatic heterocycles. The molecule has 0 bridgehead atoms. The minimum absolute atomic E-state index is 0.341. The molecule has 0 aliphatic heterocycles. The van der Waals surface area contributed by atoms with Gasteiger partial charge in [0.15, 0.2) is 5.13 Å². The third-order valence-corrected chi connectivity index (χ3v) is 5.18. The first-order chi connectivity index (χ1) is 8.65. The smallest absolute Gasteiger partial charge is 0.180 e. The molecular formula is C13H12BrClN2S. The molecule has 1 aliphatic carbocycles. The maximum absolute atomic E-state index is 6.33. The Balaban J connectivity index is 2.10. The summed E-state index contributed by atoms with van der Waals surface area (Å²) in [5.41, 5.74) is 8.17. The lowest BCUT2D eigenvalue weighted by Gasteiger charge is -2.22. The number of anilines is 1. The van der Waals surface area contributed by atoms with E-state index >= 15 is 0 Å². The van der Waals surface area contributed by atoms with Gasteiger partial charge in [-0.15, -0.1) is 11.3 Å². The van der Waals surface area contributed by atoms with E-state index in [1.165, 1.54) is 10.4 Å². The molecule has 3 rings (SSSR count). The van der Waals surface area contributed by atoms with Crippen LogP contribution in [0.15, 0.2) is 22.7 Å². The fourth-order valence-corrected chi connectivity index (χ4v) is 4.18. The molecule has 94 valence electrons. The number of benzene rings is 1. The van der Waals surface area contributed by atoms with E-state index in [1.807, 2.05) is 12.1 Å². The van der Waals surface area contributed by atoms with Gasteiger partial charge >= 0.3 is 0 Å². The van der Waals surface area contributed by atoms with Crippen LogP contribution in [-0.4, -0.2) is 4.98 Å². The standard InChI is InChI=1S/C13H12BrClN2S/c14-7-4-5-10(15)9(6-7)8-2-1-3-11-12(8)18-13(16)17-11/h4-6,8H,1-3H2,(H2,16,17). The van der Waals surface area contributed by atoms with Gasteiger partial charge in [0.05, 0.1) is 5.69 Å². The molecule has 2 N–H and O–H groups in total. The lowest BCUT2D eigenvalue weighted by molar-refractivity contribution is 0.617. The molecule has 1 unspecified atom stereocenters. The van der Waals surface area contributed by atoms with Gasteiger partial charge in [-0.2, -0.15) is 0 Å². The average molecular weight is 344 g/mol. The fraction of sp³-hybridized carbons (Fsp3) is 0.308. The van der Waals surface area contributed by atoms with Crippen molar-refractivity contribution in [3.63, 3.8) is 0 Å². The van der Waals surface area contributed by atoms with Crippen LogP contribution in [0.5, 0.6) is 0 Å². The van der Waals surface area contributed by atoms with Crippen LogP contribution < -0.4 is 5.73 Å². The summed E-state index contributed by atoms with van der Waals surface area (Å²) >= 11 is 11.4. The molecular weight excluding hydrogens is 332 g/mol. The van der Waals surface area contributed by atoms with Crippen molar-refractivity contribution < 1.29 is 0 Å². The van der Waals surface area contributed by atoms with E-state index in [4.69, 9.17) is 17.3 Å². The van der Waals surface area contributed by atoms with Crippen LogP contribution in [0.1, 0.15) is 34.9 Å². The number of thiazole rings is 1. The van der Waals surface area contributed by atoms with Gasteiger partial charge in [0.25, 0.3) is 0 Å². The molecule has 1 aromatic carbocycles. The molecule has 0 saturated heterocycles. The van der Waals surface area contributed by atoms with Gasteiger partial charge in [-0.25, -0.2) is 4.98 Å². The van der Waals surface area contributed by atoms with Gasteiger partial charge in [-0.3, -0.25) is 0 Å². The quantitative estimate of drug-likeness (QED) is 0.821. The van der Waals surface area contributed by atoms with Crippen LogP contribution in [0.25, 0.3) is 0 Å². The van der Waals surface area contributed by atoms with E-state index in [0.717, 1.165) is 34.5 Å². The molecule has 0 spiro atoms. The zero-order chi connectivity index (χ0) is 12.7. The molecule has 0 radical (unpaired) electrons. The van der Waals surface area contributed by atoms with Crippen LogP contribution in [-0.2, 0) is 6.42 Å². The van der Waals surface area contributed by atoms with Crippen molar-refractivity contribution in [1.82, 2.24) is 4.98 Å². The summed E-state index contributed by atoms with van der Waals surface area (Å²) in [5, 5.41) is 1.49. The Kier molecular flexibility index (Phi) is 3.34. The van der Waals surface area contributed by atoms with E-state index in [1.54, 1.807) is 11.3 Å². The first-order valence-corrected chi connectivity index (χ1v) is 7.84. The Bertz CT molecular complexity index is 597. The molecule has 0 saturated carbocycles. The van der Waals surface area contributed by atoms with Crippen LogP contribution in [0.3, 0.4) is 0 Å². The number of halogens is 2. The van der Waals surface area contributed by atoms with Gasteiger partial charge in [0.2, 0.25) is 0 Å². The highest BCUT2D eigenvalue weighted by Gasteiger charge is 2.27. The number of nitrogens with zero attached hydrogens (tertiary/aromatic N) is 1. The molecule has 5 heteroatoms. The number of rotatable bonds is 1. The van der Waals surface area contributed by atoms with E-state index < -0.39 is 0 Å². The van der Waals surface area contributed by atoms with Crippen molar-refractivity contribution in [2.75, 3.05) is 5.73 Å². The van der Waals surface area contributed by atoms with E-state index in [0.29, 0.717) is 11.0 Å². The summed E-state index contributed by atoms with van der Waals surface area (Å²) in [6, 6.07) is 6.02. The van der Waals surface area contributed by atoms with Gasteiger partial charge in [0, 0.05) is 20.3 Å². The highest BCUT2D eigenvalue weighted by Crippen LogP contribution is 2.43. The Labute approximate surface area is 123 Å². The first-order valence-electron chi connectivity index (χ1n) is 5.85. The van der Waals surface area contributed by atoms with Crippen molar-refractivity contribution in [2.24, 2.45) is 0 Å². The number of hydrogen-bond donors (Lipinski definition) is 1. The molecule has 1 aliphatic rings. The second kappa shape index (κ2) is 4.83. The number of nitrogens with two attached hydrogens (primary N) is 1. The monoisotopic (exact) mass is 342 g/mol. The Morgan fingerprint density at radius 2 is 2.28 bits per heavy atom.